The van der Waals surface area contributed by atoms with Crippen LogP contribution in [0.25, 0.3) is 0 Å². The van der Waals surface area contributed by atoms with Gasteiger partial charge in [0.1, 0.15) is 0 Å². The average Bonchev–Trinajstić information content (AvgIpc) is 2.08. The van der Waals surface area contributed by atoms with E-state index in [2.05, 4.69) is 43.5 Å². The first-order valence-electron chi connectivity index (χ1n) is 4.41. The Morgan fingerprint density at radius 3 is 2.38 bits per heavy atom. The Hall–Kier alpha value is -0.510. The molecule has 72 valence electrons. The molecule has 0 heterocycles. The predicted octanol–water partition coefficient (Wildman–Crippen LogP) is 2.15. The zero-order chi connectivity index (χ0) is 9.68. The van der Waals surface area contributed by atoms with Crippen LogP contribution in [0.15, 0.2) is 29.2 Å². The summed E-state index contributed by atoms with van der Waals surface area (Å²) >= 11 is 1.87. The van der Waals surface area contributed by atoms with Crippen molar-refractivity contribution in [2.24, 2.45) is 5.84 Å². The van der Waals surface area contributed by atoms with Gasteiger partial charge in [0, 0.05) is 16.7 Å². The number of hydrazine groups is 1. The van der Waals surface area contributed by atoms with E-state index in [0.717, 1.165) is 6.54 Å². The number of hydrogen-bond acceptors (Lipinski definition) is 3. The van der Waals surface area contributed by atoms with Crippen LogP contribution in [0.3, 0.4) is 0 Å². The second-order valence-corrected chi connectivity index (χ2v) is 4.84. The second-order valence-electron chi connectivity index (χ2n) is 3.19. The molecule has 0 atom stereocenters. The molecule has 1 aromatic rings. The molecule has 0 unspecified atom stereocenters. The molecule has 0 saturated heterocycles. The molecular formula is C10H16N2S. The molecule has 13 heavy (non-hydrogen) atoms. The van der Waals surface area contributed by atoms with Crippen LogP contribution in [0.1, 0.15) is 19.4 Å². The molecule has 0 amide bonds. The quantitative estimate of drug-likeness (QED) is 0.440. The zero-order valence-electron chi connectivity index (χ0n) is 8.08. The van der Waals surface area contributed by atoms with E-state index in [9.17, 15) is 0 Å². The number of nitrogens with one attached hydrogen (secondary N) is 1. The van der Waals surface area contributed by atoms with E-state index in [1.165, 1.54) is 10.5 Å². The topological polar surface area (TPSA) is 38.0 Å². The molecule has 0 spiro atoms. The minimum atomic E-state index is 0.637. The van der Waals surface area contributed by atoms with Gasteiger partial charge in [0.15, 0.2) is 0 Å². The summed E-state index contributed by atoms with van der Waals surface area (Å²) in [5.41, 5.74) is 3.86. The van der Waals surface area contributed by atoms with Gasteiger partial charge in [0.05, 0.1) is 0 Å². The molecule has 0 aromatic heterocycles. The SMILES string of the molecule is CC(C)Sc1ccc(CNN)cc1. The van der Waals surface area contributed by atoms with Crippen molar-refractivity contribution in [3.63, 3.8) is 0 Å². The number of nitrogens with two attached hydrogens (primary N) is 1. The summed E-state index contributed by atoms with van der Waals surface area (Å²) < 4.78 is 0. The lowest BCUT2D eigenvalue weighted by molar-refractivity contribution is 0.741. The Morgan fingerprint density at radius 1 is 1.31 bits per heavy atom. The van der Waals surface area contributed by atoms with Gasteiger partial charge in [0.2, 0.25) is 0 Å². The summed E-state index contributed by atoms with van der Waals surface area (Å²) in [6.07, 6.45) is 0. The number of rotatable bonds is 4. The lowest BCUT2D eigenvalue weighted by Gasteiger charge is -2.05. The molecule has 0 fully saturated rings. The molecule has 3 heteroatoms. The minimum absolute atomic E-state index is 0.637. The largest absolute Gasteiger partial charge is 0.271 e. The smallest absolute Gasteiger partial charge is 0.0348 e. The van der Waals surface area contributed by atoms with Gasteiger partial charge in [-0.05, 0) is 17.7 Å². The highest BCUT2D eigenvalue weighted by Gasteiger charge is 1.97. The standard InChI is InChI=1S/C10H16N2S/c1-8(2)13-10-5-3-9(4-6-10)7-12-11/h3-6,8,12H,7,11H2,1-2H3. The summed E-state index contributed by atoms with van der Waals surface area (Å²) in [5.74, 6) is 5.22. The first-order valence-corrected chi connectivity index (χ1v) is 5.29. The minimum Gasteiger partial charge on any atom is -0.271 e. The number of benzene rings is 1. The predicted molar refractivity (Wildman–Crippen MR) is 58.5 cm³/mol. The normalized spacial score (nSPS) is 10.8. The van der Waals surface area contributed by atoms with Crippen molar-refractivity contribution in [1.29, 1.82) is 0 Å². The van der Waals surface area contributed by atoms with Gasteiger partial charge in [-0.1, -0.05) is 26.0 Å². The average molecular weight is 196 g/mol. The third-order valence-corrected chi connectivity index (χ3v) is 2.62. The maximum Gasteiger partial charge on any atom is 0.0348 e. The summed E-state index contributed by atoms with van der Waals surface area (Å²) in [7, 11) is 0. The number of hydrogen-bond donors (Lipinski definition) is 2. The highest BCUT2D eigenvalue weighted by molar-refractivity contribution is 7.99. The molecule has 0 bridgehead atoms. The molecule has 0 radical (unpaired) electrons. The van der Waals surface area contributed by atoms with Crippen LogP contribution in [-0.2, 0) is 6.54 Å². The molecule has 0 aliphatic heterocycles. The van der Waals surface area contributed by atoms with Crippen molar-refractivity contribution in [1.82, 2.24) is 5.43 Å². The molecule has 0 aliphatic rings. The highest BCUT2D eigenvalue weighted by atomic mass is 32.2. The first-order chi connectivity index (χ1) is 6.22. The Balaban J connectivity index is 2.59. The van der Waals surface area contributed by atoms with E-state index in [4.69, 9.17) is 5.84 Å². The Kier molecular flexibility index (Phi) is 4.28. The molecule has 2 nitrogen and oxygen atoms in total. The van der Waals surface area contributed by atoms with E-state index < -0.39 is 0 Å². The zero-order valence-corrected chi connectivity index (χ0v) is 8.90. The van der Waals surface area contributed by atoms with Crippen LogP contribution in [0.5, 0.6) is 0 Å². The van der Waals surface area contributed by atoms with E-state index in [0.29, 0.717) is 5.25 Å². The monoisotopic (exact) mass is 196 g/mol. The molecule has 1 rings (SSSR count). The van der Waals surface area contributed by atoms with Crippen molar-refractivity contribution in [3.05, 3.63) is 29.8 Å². The molecule has 1 aromatic carbocycles. The molecule has 0 aliphatic carbocycles. The summed E-state index contributed by atoms with van der Waals surface area (Å²) in [5, 5.41) is 0.637. The Morgan fingerprint density at radius 2 is 1.92 bits per heavy atom. The maximum atomic E-state index is 5.22. The van der Waals surface area contributed by atoms with Gasteiger partial charge < -0.3 is 0 Å². The van der Waals surface area contributed by atoms with Crippen molar-refractivity contribution >= 4 is 11.8 Å². The van der Waals surface area contributed by atoms with E-state index in [1.807, 2.05) is 11.8 Å². The van der Waals surface area contributed by atoms with E-state index in [-0.39, 0.29) is 0 Å². The van der Waals surface area contributed by atoms with Crippen LogP contribution in [-0.4, -0.2) is 5.25 Å². The lowest BCUT2D eigenvalue weighted by Crippen LogP contribution is -2.20. The fourth-order valence-electron chi connectivity index (χ4n) is 1.08. The van der Waals surface area contributed by atoms with E-state index in [1.54, 1.807) is 0 Å². The van der Waals surface area contributed by atoms with Crippen LogP contribution in [0, 0.1) is 0 Å². The fourth-order valence-corrected chi connectivity index (χ4v) is 1.91. The summed E-state index contributed by atoms with van der Waals surface area (Å²) in [4.78, 5) is 1.32. The van der Waals surface area contributed by atoms with Crippen LogP contribution < -0.4 is 11.3 Å². The van der Waals surface area contributed by atoms with Gasteiger partial charge in [-0.15, -0.1) is 11.8 Å². The first kappa shape index (κ1) is 10.6. The van der Waals surface area contributed by atoms with Gasteiger partial charge in [-0.2, -0.15) is 0 Å². The Labute approximate surface area is 83.9 Å². The van der Waals surface area contributed by atoms with Crippen molar-refractivity contribution in [2.75, 3.05) is 0 Å². The summed E-state index contributed by atoms with van der Waals surface area (Å²) in [6.45, 7) is 5.12. The van der Waals surface area contributed by atoms with Gasteiger partial charge in [0.25, 0.3) is 0 Å². The third-order valence-electron chi connectivity index (χ3n) is 1.60. The highest BCUT2D eigenvalue weighted by Crippen LogP contribution is 2.22. The van der Waals surface area contributed by atoms with Crippen LogP contribution in [0.4, 0.5) is 0 Å². The molecular weight excluding hydrogens is 180 g/mol. The van der Waals surface area contributed by atoms with Crippen molar-refractivity contribution in [2.45, 2.75) is 30.5 Å². The van der Waals surface area contributed by atoms with Gasteiger partial charge in [-0.25, -0.2) is 0 Å². The fraction of sp³-hybridized carbons (Fsp3) is 0.400. The van der Waals surface area contributed by atoms with E-state index >= 15 is 0 Å². The third kappa shape index (κ3) is 3.81. The second kappa shape index (κ2) is 5.27. The summed E-state index contributed by atoms with van der Waals surface area (Å²) in [6, 6.07) is 8.48. The van der Waals surface area contributed by atoms with Crippen LogP contribution >= 0.6 is 11.8 Å². The van der Waals surface area contributed by atoms with Gasteiger partial charge in [-0.3, -0.25) is 11.3 Å². The van der Waals surface area contributed by atoms with Crippen molar-refractivity contribution in [3.8, 4) is 0 Å². The van der Waals surface area contributed by atoms with Gasteiger partial charge >= 0.3 is 0 Å². The maximum absolute atomic E-state index is 5.22. The molecule has 0 saturated carbocycles. The van der Waals surface area contributed by atoms with Crippen molar-refractivity contribution < 1.29 is 0 Å². The number of thioether (sulfide) groups is 1. The van der Waals surface area contributed by atoms with Crippen LogP contribution in [0.2, 0.25) is 0 Å². The molecule has 3 N–H and O–H groups in total. The lowest BCUT2D eigenvalue weighted by atomic mass is 10.2. The Bertz CT molecular complexity index is 244.